The Balaban J connectivity index is 2.06. The van der Waals surface area contributed by atoms with Gasteiger partial charge in [-0.1, -0.05) is 60.5 Å². The summed E-state index contributed by atoms with van der Waals surface area (Å²) in [6.07, 6.45) is 9.51. The van der Waals surface area contributed by atoms with Crippen LogP contribution in [0.5, 0.6) is 0 Å². The smallest absolute Gasteiger partial charge is 0.0590 e. The molecule has 2 heteroatoms. The molecule has 19 heavy (non-hydrogen) atoms. The first-order valence-corrected chi connectivity index (χ1v) is 8.71. The van der Waals surface area contributed by atoms with Crippen LogP contribution in [0, 0.1) is 19.8 Å². The van der Waals surface area contributed by atoms with E-state index in [0.29, 0.717) is 0 Å². The number of hydrogen-bond donors (Lipinski definition) is 0. The second-order valence-electron chi connectivity index (χ2n) is 6.02. The minimum atomic E-state index is 0.176. The summed E-state index contributed by atoms with van der Waals surface area (Å²) in [6.45, 7) is 4.31. The second kappa shape index (κ2) is 7.13. The number of hydrogen-bond acceptors (Lipinski definition) is 0. The molecule has 2 rings (SSSR count). The molecular weight excluding hydrogens is 320 g/mol. The molecule has 1 aromatic rings. The van der Waals surface area contributed by atoms with E-state index in [9.17, 15) is 0 Å². The third-order valence-corrected chi connectivity index (χ3v) is 5.67. The van der Waals surface area contributed by atoms with Gasteiger partial charge in [0.1, 0.15) is 0 Å². The van der Waals surface area contributed by atoms with Crippen molar-refractivity contribution in [2.24, 2.45) is 5.92 Å². The minimum Gasteiger partial charge on any atom is -0.118 e. The van der Waals surface area contributed by atoms with Gasteiger partial charge in [-0.15, -0.1) is 11.6 Å². The quantitative estimate of drug-likeness (QED) is 0.423. The van der Waals surface area contributed by atoms with Crippen molar-refractivity contribution in [1.29, 1.82) is 0 Å². The monoisotopic (exact) mass is 342 g/mol. The SMILES string of the molecule is Cc1cc(C(Cl)CC2CCCCCC2)c(C)cc1Br. The zero-order valence-corrected chi connectivity index (χ0v) is 14.4. The molecule has 0 amide bonds. The minimum absolute atomic E-state index is 0.176. The molecule has 1 aromatic carbocycles. The fourth-order valence-electron chi connectivity index (χ4n) is 3.16. The van der Waals surface area contributed by atoms with E-state index in [1.54, 1.807) is 0 Å². The van der Waals surface area contributed by atoms with Gasteiger partial charge < -0.3 is 0 Å². The second-order valence-corrected chi connectivity index (χ2v) is 7.40. The van der Waals surface area contributed by atoms with Gasteiger partial charge in [0.2, 0.25) is 0 Å². The summed E-state index contributed by atoms with van der Waals surface area (Å²) in [5, 5.41) is 0.176. The molecular formula is C17H24BrCl. The Kier molecular flexibility index (Phi) is 5.77. The molecule has 0 N–H and O–H groups in total. The predicted molar refractivity (Wildman–Crippen MR) is 88.0 cm³/mol. The number of rotatable bonds is 3. The van der Waals surface area contributed by atoms with E-state index < -0.39 is 0 Å². The molecule has 0 aliphatic heterocycles. The highest BCUT2D eigenvalue weighted by atomic mass is 79.9. The Morgan fingerprint density at radius 3 is 2.37 bits per heavy atom. The fraction of sp³-hybridized carbons (Fsp3) is 0.647. The van der Waals surface area contributed by atoms with Crippen LogP contribution in [0.3, 0.4) is 0 Å². The number of benzene rings is 1. The van der Waals surface area contributed by atoms with Gasteiger partial charge in [0.05, 0.1) is 5.38 Å². The van der Waals surface area contributed by atoms with Gasteiger partial charge in [0.25, 0.3) is 0 Å². The molecule has 1 saturated carbocycles. The van der Waals surface area contributed by atoms with Crippen LogP contribution < -0.4 is 0 Å². The summed E-state index contributed by atoms with van der Waals surface area (Å²) in [7, 11) is 0. The molecule has 0 spiro atoms. The van der Waals surface area contributed by atoms with Gasteiger partial charge in [0, 0.05) is 4.47 Å². The zero-order valence-electron chi connectivity index (χ0n) is 12.0. The summed E-state index contributed by atoms with van der Waals surface area (Å²) < 4.78 is 1.19. The molecule has 1 atom stereocenters. The first-order chi connectivity index (χ1) is 9.08. The first-order valence-electron chi connectivity index (χ1n) is 7.48. The largest absolute Gasteiger partial charge is 0.118 e. The molecule has 0 saturated heterocycles. The van der Waals surface area contributed by atoms with E-state index in [-0.39, 0.29) is 5.38 Å². The Morgan fingerprint density at radius 1 is 1.11 bits per heavy atom. The molecule has 0 aromatic heterocycles. The summed E-state index contributed by atoms with van der Waals surface area (Å²) >= 11 is 10.3. The van der Waals surface area contributed by atoms with Gasteiger partial charge in [-0.3, -0.25) is 0 Å². The van der Waals surface area contributed by atoms with Crippen molar-refractivity contribution in [3.63, 3.8) is 0 Å². The van der Waals surface area contributed by atoms with Crippen molar-refractivity contribution in [2.75, 3.05) is 0 Å². The lowest BCUT2D eigenvalue weighted by molar-refractivity contribution is 0.422. The summed E-state index contributed by atoms with van der Waals surface area (Å²) in [5.41, 5.74) is 3.92. The molecule has 1 unspecified atom stereocenters. The molecule has 0 heterocycles. The van der Waals surface area contributed by atoms with Crippen molar-refractivity contribution in [3.8, 4) is 0 Å². The molecule has 106 valence electrons. The molecule has 0 bridgehead atoms. The van der Waals surface area contributed by atoms with E-state index in [2.05, 4.69) is 41.9 Å². The van der Waals surface area contributed by atoms with Crippen molar-refractivity contribution in [2.45, 2.75) is 64.2 Å². The number of alkyl halides is 1. The Morgan fingerprint density at radius 2 is 1.74 bits per heavy atom. The molecule has 1 aliphatic rings. The maximum Gasteiger partial charge on any atom is 0.0590 e. The molecule has 0 radical (unpaired) electrons. The normalized spacial score (nSPS) is 19.2. The average Bonchev–Trinajstić information content (AvgIpc) is 2.62. The van der Waals surface area contributed by atoms with Crippen LogP contribution in [0.25, 0.3) is 0 Å². The highest BCUT2D eigenvalue weighted by molar-refractivity contribution is 9.10. The predicted octanol–water partition coefficient (Wildman–Crippen LogP) is 6.71. The van der Waals surface area contributed by atoms with Crippen LogP contribution in [0.4, 0.5) is 0 Å². The van der Waals surface area contributed by atoms with E-state index in [4.69, 9.17) is 11.6 Å². The van der Waals surface area contributed by atoms with E-state index in [1.165, 1.54) is 59.7 Å². The van der Waals surface area contributed by atoms with Crippen molar-refractivity contribution < 1.29 is 0 Å². The fourth-order valence-corrected chi connectivity index (χ4v) is 4.10. The van der Waals surface area contributed by atoms with Crippen LogP contribution in [0.15, 0.2) is 16.6 Å². The molecule has 1 fully saturated rings. The third kappa shape index (κ3) is 4.23. The zero-order chi connectivity index (χ0) is 13.8. The first kappa shape index (κ1) is 15.4. The maximum atomic E-state index is 6.71. The number of halogens is 2. The molecule has 0 nitrogen and oxygen atoms in total. The lowest BCUT2D eigenvalue weighted by Crippen LogP contribution is -2.05. The lowest BCUT2D eigenvalue weighted by Gasteiger charge is -2.20. The maximum absolute atomic E-state index is 6.71. The standard InChI is InChI=1S/C17H24BrCl/c1-12-10-16(18)13(2)9-15(12)17(19)11-14-7-5-3-4-6-8-14/h9-10,14,17H,3-8,11H2,1-2H3. The van der Waals surface area contributed by atoms with Gasteiger partial charge in [-0.05, 0) is 48.9 Å². The Bertz CT molecular complexity index is 420. The summed E-state index contributed by atoms with van der Waals surface area (Å²) in [4.78, 5) is 0. The lowest BCUT2D eigenvalue weighted by atomic mass is 9.91. The number of aryl methyl sites for hydroxylation is 2. The van der Waals surface area contributed by atoms with E-state index in [1.807, 2.05) is 0 Å². The van der Waals surface area contributed by atoms with Crippen LogP contribution in [0.2, 0.25) is 0 Å². The molecule has 1 aliphatic carbocycles. The van der Waals surface area contributed by atoms with Gasteiger partial charge in [-0.2, -0.15) is 0 Å². The van der Waals surface area contributed by atoms with Gasteiger partial charge in [-0.25, -0.2) is 0 Å². The van der Waals surface area contributed by atoms with E-state index >= 15 is 0 Å². The van der Waals surface area contributed by atoms with Crippen molar-refractivity contribution >= 4 is 27.5 Å². The average molecular weight is 344 g/mol. The van der Waals surface area contributed by atoms with Gasteiger partial charge in [0.15, 0.2) is 0 Å². The third-order valence-electron chi connectivity index (χ3n) is 4.40. The van der Waals surface area contributed by atoms with Crippen LogP contribution in [0.1, 0.15) is 67.0 Å². The van der Waals surface area contributed by atoms with Crippen LogP contribution >= 0.6 is 27.5 Å². The topological polar surface area (TPSA) is 0 Å². The summed E-state index contributed by atoms with van der Waals surface area (Å²) in [6, 6.07) is 4.46. The highest BCUT2D eigenvalue weighted by Gasteiger charge is 2.19. The van der Waals surface area contributed by atoms with Crippen LogP contribution in [-0.4, -0.2) is 0 Å². The van der Waals surface area contributed by atoms with Crippen molar-refractivity contribution in [1.82, 2.24) is 0 Å². The Labute approximate surface area is 131 Å². The Hall–Kier alpha value is -0.0100. The summed E-state index contributed by atoms with van der Waals surface area (Å²) in [5.74, 6) is 0.827. The van der Waals surface area contributed by atoms with E-state index in [0.717, 1.165) is 12.3 Å². The van der Waals surface area contributed by atoms with Crippen LogP contribution in [-0.2, 0) is 0 Å². The highest BCUT2D eigenvalue weighted by Crippen LogP contribution is 2.37. The van der Waals surface area contributed by atoms with Crippen molar-refractivity contribution in [3.05, 3.63) is 33.3 Å². The van der Waals surface area contributed by atoms with Gasteiger partial charge >= 0.3 is 0 Å².